The van der Waals surface area contributed by atoms with Crippen molar-refractivity contribution in [1.29, 1.82) is 0 Å². The van der Waals surface area contributed by atoms with Gasteiger partial charge in [0, 0.05) is 12.1 Å². The minimum Gasteiger partial charge on any atom is -0.458 e. The highest BCUT2D eigenvalue weighted by Gasteiger charge is 2.22. The van der Waals surface area contributed by atoms with Crippen molar-refractivity contribution in [2.24, 2.45) is 0 Å². The maximum atomic E-state index is 12.5. The van der Waals surface area contributed by atoms with Gasteiger partial charge >= 0.3 is 0 Å². The van der Waals surface area contributed by atoms with Crippen LogP contribution in [0.3, 0.4) is 0 Å². The quantitative estimate of drug-likeness (QED) is 0.678. The summed E-state index contributed by atoms with van der Waals surface area (Å²) in [6.45, 7) is 2.60. The highest BCUT2D eigenvalue weighted by Crippen LogP contribution is 2.21. The summed E-state index contributed by atoms with van der Waals surface area (Å²) in [5.74, 6) is 0.906. The van der Waals surface area contributed by atoms with E-state index in [2.05, 4.69) is 26.1 Å². The predicted octanol–water partition coefficient (Wildman–Crippen LogP) is 3.75. The van der Waals surface area contributed by atoms with Gasteiger partial charge in [-0.1, -0.05) is 35.5 Å². The Morgan fingerprint density at radius 2 is 2.04 bits per heavy atom. The molecule has 0 bridgehead atoms. The van der Waals surface area contributed by atoms with E-state index in [4.69, 9.17) is 8.94 Å². The zero-order valence-electron chi connectivity index (χ0n) is 12.4. The maximum Gasteiger partial charge on any atom is 0.291 e. The number of nitrogens with zero attached hydrogens (tertiary/aromatic N) is 3. The van der Waals surface area contributed by atoms with Gasteiger partial charge < -0.3 is 13.8 Å². The number of hydrogen-bond donors (Lipinski definition) is 0. The van der Waals surface area contributed by atoms with Crippen molar-refractivity contribution in [1.82, 2.24) is 15.0 Å². The largest absolute Gasteiger partial charge is 0.458 e. The number of rotatable bonds is 5. The van der Waals surface area contributed by atoms with Crippen molar-refractivity contribution in [3.05, 3.63) is 58.8 Å². The van der Waals surface area contributed by atoms with Gasteiger partial charge in [-0.3, -0.25) is 4.79 Å². The molecule has 23 heavy (non-hydrogen) atoms. The first-order chi connectivity index (χ1) is 11.2. The third kappa shape index (κ3) is 3.34. The highest BCUT2D eigenvalue weighted by atomic mass is 79.9. The van der Waals surface area contributed by atoms with Crippen LogP contribution in [0.1, 0.15) is 23.4 Å². The summed E-state index contributed by atoms with van der Waals surface area (Å²) >= 11 is 3.29. The smallest absolute Gasteiger partial charge is 0.291 e. The molecule has 2 aromatic heterocycles. The normalized spacial score (nSPS) is 10.7. The maximum absolute atomic E-state index is 12.5. The summed E-state index contributed by atoms with van der Waals surface area (Å²) in [7, 11) is 0. The third-order valence-corrected chi connectivity index (χ3v) is 3.93. The van der Waals surface area contributed by atoms with E-state index in [0.29, 0.717) is 22.7 Å². The number of halogens is 1. The lowest BCUT2D eigenvalue weighted by atomic mass is 10.2. The van der Waals surface area contributed by atoms with Crippen LogP contribution in [0.25, 0.3) is 11.4 Å². The lowest BCUT2D eigenvalue weighted by Gasteiger charge is -2.17. The first kappa shape index (κ1) is 15.5. The van der Waals surface area contributed by atoms with E-state index in [0.717, 1.165) is 5.56 Å². The highest BCUT2D eigenvalue weighted by molar-refractivity contribution is 9.10. The van der Waals surface area contributed by atoms with Crippen molar-refractivity contribution < 1.29 is 13.7 Å². The van der Waals surface area contributed by atoms with Gasteiger partial charge in [0.05, 0.1) is 10.7 Å². The topological polar surface area (TPSA) is 72.4 Å². The molecule has 0 spiro atoms. The lowest BCUT2D eigenvalue weighted by molar-refractivity contribution is 0.0701. The Morgan fingerprint density at radius 1 is 1.26 bits per heavy atom. The third-order valence-electron chi connectivity index (χ3n) is 3.31. The molecule has 0 N–H and O–H groups in total. The van der Waals surface area contributed by atoms with Gasteiger partial charge in [-0.15, -0.1) is 0 Å². The molecule has 3 rings (SSSR count). The Balaban J connectivity index is 1.76. The first-order valence-corrected chi connectivity index (χ1v) is 7.88. The fourth-order valence-corrected chi connectivity index (χ4v) is 2.47. The molecule has 0 atom stereocenters. The number of benzene rings is 1. The fourth-order valence-electron chi connectivity index (χ4n) is 2.10. The number of carbonyl (C=O) groups is 1. The Kier molecular flexibility index (Phi) is 4.57. The summed E-state index contributed by atoms with van der Waals surface area (Å²) in [6.07, 6.45) is 1.46. The lowest BCUT2D eigenvalue weighted by Crippen LogP contribution is -2.30. The second-order valence-electron chi connectivity index (χ2n) is 4.79. The molecule has 1 aromatic carbocycles. The van der Waals surface area contributed by atoms with Gasteiger partial charge in [-0.2, -0.15) is 4.98 Å². The molecule has 0 fully saturated rings. The van der Waals surface area contributed by atoms with Crippen molar-refractivity contribution in [3.8, 4) is 11.4 Å². The summed E-state index contributed by atoms with van der Waals surface area (Å²) < 4.78 is 11.1. The number of amides is 1. The van der Waals surface area contributed by atoms with Crippen molar-refractivity contribution in [2.45, 2.75) is 13.5 Å². The minimum absolute atomic E-state index is 0.225. The van der Waals surface area contributed by atoms with Gasteiger partial charge in [0.15, 0.2) is 0 Å². The van der Waals surface area contributed by atoms with Crippen LogP contribution in [0.5, 0.6) is 0 Å². The predicted molar refractivity (Wildman–Crippen MR) is 86.6 cm³/mol. The fraction of sp³-hybridized carbons (Fsp3) is 0.188. The van der Waals surface area contributed by atoms with Crippen molar-refractivity contribution >= 4 is 21.8 Å². The molecular formula is C16H14BrN3O3. The molecular weight excluding hydrogens is 362 g/mol. The monoisotopic (exact) mass is 375 g/mol. The molecule has 6 nitrogen and oxygen atoms in total. The van der Waals surface area contributed by atoms with Crippen LogP contribution in [0.2, 0.25) is 0 Å². The molecule has 2 heterocycles. The molecule has 0 radical (unpaired) electrons. The molecule has 1 amide bonds. The van der Waals surface area contributed by atoms with Gasteiger partial charge in [0.2, 0.25) is 17.5 Å². The van der Waals surface area contributed by atoms with E-state index >= 15 is 0 Å². The Hall–Kier alpha value is -2.41. The number of carbonyl (C=O) groups excluding carboxylic acids is 1. The SMILES string of the molecule is CCN(Cc1nc(-c2ccccc2)no1)C(=O)c1occc1Br. The summed E-state index contributed by atoms with van der Waals surface area (Å²) in [6, 6.07) is 11.2. The van der Waals surface area contributed by atoms with Crippen molar-refractivity contribution in [3.63, 3.8) is 0 Å². The van der Waals surface area contributed by atoms with Crippen LogP contribution in [0, 0.1) is 0 Å². The summed E-state index contributed by atoms with van der Waals surface area (Å²) in [5.41, 5.74) is 0.866. The first-order valence-electron chi connectivity index (χ1n) is 7.09. The number of furan rings is 1. The van der Waals surface area contributed by atoms with Crippen LogP contribution in [-0.2, 0) is 6.54 Å². The minimum atomic E-state index is -0.233. The Bertz CT molecular complexity index is 798. The molecule has 118 valence electrons. The molecule has 0 saturated heterocycles. The Morgan fingerprint density at radius 3 is 2.70 bits per heavy atom. The average molecular weight is 376 g/mol. The van der Waals surface area contributed by atoms with Gasteiger partial charge in [0.25, 0.3) is 5.91 Å². The van der Waals surface area contributed by atoms with Crippen LogP contribution >= 0.6 is 15.9 Å². The standard InChI is InChI=1S/C16H14BrN3O3/c1-2-20(16(21)14-12(17)8-9-22-14)10-13-18-15(19-23-13)11-6-4-3-5-7-11/h3-9H,2,10H2,1H3. The van der Waals surface area contributed by atoms with E-state index < -0.39 is 0 Å². The van der Waals surface area contributed by atoms with Gasteiger partial charge in [0.1, 0.15) is 6.54 Å². The molecule has 7 heteroatoms. The number of hydrogen-bond acceptors (Lipinski definition) is 5. The van der Waals surface area contributed by atoms with E-state index in [1.165, 1.54) is 6.26 Å². The molecule has 0 aliphatic rings. The zero-order chi connectivity index (χ0) is 16.2. The summed E-state index contributed by atoms with van der Waals surface area (Å²) in [5, 5.41) is 3.96. The molecule has 0 aliphatic carbocycles. The van der Waals surface area contributed by atoms with Crippen LogP contribution < -0.4 is 0 Å². The summed E-state index contributed by atoms with van der Waals surface area (Å²) in [4.78, 5) is 18.4. The van der Waals surface area contributed by atoms with Crippen LogP contribution in [0.4, 0.5) is 0 Å². The average Bonchev–Trinajstić information content (AvgIpc) is 3.22. The number of aromatic nitrogens is 2. The molecule has 0 aliphatic heterocycles. The zero-order valence-corrected chi connectivity index (χ0v) is 14.0. The van der Waals surface area contributed by atoms with Gasteiger partial charge in [-0.05, 0) is 28.9 Å². The van der Waals surface area contributed by atoms with E-state index in [-0.39, 0.29) is 18.2 Å². The second kappa shape index (κ2) is 6.78. The van der Waals surface area contributed by atoms with Gasteiger partial charge in [-0.25, -0.2) is 0 Å². The second-order valence-corrected chi connectivity index (χ2v) is 5.65. The van der Waals surface area contributed by atoms with Crippen molar-refractivity contribution in [2.75, 3.05) is 6.54 Å². The van der Waals surface area contributed by atoms with E-state index in [1.54, 1.807) is 11.0 Å². The molecule has 0 unspecified atom stereocenters. The Labute approximate surface area is 141 Å². The van der Waals surface area contributed by atoms with Crippen LogP contribution in [0.15, 0.2) is 56.1 Å². The van der Waals surface area contributed by atoms with E-state index in [1.807, 2.05) is 37.3 Å². The van der Waals surface area contributed by atoms with E-state index in [9.17, 15) is 4.79 Å². The molecule has 3 aromatic rings. The molecule has 0 saturated carbocycles. The van der Waals surface area contributed by atoms with Crippen LogP contribution in [-0.4, -0.2) is 27.5 Å².